The molecule has 2 heterocycles. The summed E-state index contributed by atoms with van der Waals surface area (Å²) in [5.74, 6) is -0.295. The fourth-order valence-corrected chi connectivity index (χ4v) is 7.14. The summed E-state index contributed by atoms with van der Waals surface area (Å²) in [4.78, 5) is 27.6. The number of carbonyl (C=O) groups excluding carboxylic acids is 2. The number of nitrogens with two attached hydrogens (primary N) is 1. The molecule has 0 radical (unpaired) electrons. The Morgan fingerprint density at radius 3 is 2.79 bits per heavy atom. The number of thioether (sulfide) groups is 1. The highest BCUT2D eigenvalue weighted by Gasteiger charge is 2.41. The molecule has 11 heteroatoms. The molecule has 1 atom stereocenters. The number of aromatic nitrogens is 2. The molecule has 0 spiro atoms. The molecule has 3 aromatic rings. The molecule has 39 heavy (non-hydrogen) atoms. The van der Waals surface area contributed by atoms with E-state index in [-0.39, 0.29) is 23.3 Å². The molecule has 2 aromatic carbocycles. The van der Waals surface area contributed by atoms with Crippen LogP contribution in [0.25, 0.3) is 0 Å². The zero-order valence-electron chi connectivity index (χ0n) is 21.3. The van der Waals surface area contributed by atoms with Gasteiger partial charge in [0.1, 0.15) is 5.82 Å². The number of hydrogen-bond donors (Lipinski definition) is 2. The van der Waals surface area contributed by atoms with Gasteiger partial charge in [-0.05, 0) is 49.9 Å². The van der Waals surface area contributed by atoms with Crippen LogP contribution in [0.2, 0.25) is 0 Å². The molecule has 1 amide bonds. The second-order valence-corrected chi connectivity index (χ2v) is 12.4. The molecular weight excluding hydrogens is 596 g/mol. The van der Waals surface area contributed by atoms with Gasteiger partial charge in [-0.2, -0.15) is 5.26 Å². The van der Waals surface area contributed by atoms with Crippen LogP contribution in [0.1, 0.15) is 41.9 Å². The number of rotatable bonds is 6. The third-order valence-corrected chi connectivity index (χ3v) is 9.46. The fraction of sp³-hybridized carbons (Fsp3) is 0.250. The number of carbonyl (C=O) groups is 2. The molecule has 5 rings (SSSR count). The van der Waals surface area contributed by atoms with Gasteiger partial charge in [0, 0.05) is 27.9 Å². The van der Waals surface area contributed by atoms with Crippen molar-refractivity contribution in [2.24, 2.45) is 5.73 Å². The normalized spacial score (nSPS) is 17.2. The lowest BCUT2D eigenvalue weighted by molar-refractivity contribution is -0.116. The highest BCUT2D eigenvalue weighted by molar-refractivity contribution is 9.10. The number of halogens is 1. The molecule has 8 nitrogen and oxygen atoms in total. The van der Waals surface area contributed by atoms with E-state index in [1.54, 1.807) is 4.90 Å². The van der Waals surface area contributed by atoms with Crippen molar-refractivity contribution in [2.75, 3.05) is 16.0 Å². The summed E-state index contributed by atoms with van der Waals surface area (Å²) in [7, 11) is 0. The maximum atomic E-state index is 13.3. The van der Waals surface area contributed by atoms with Crippen LogP contribution in [-0.2, 0) is 9.59 Å². The molecule has 2 aliphatic rings. The minimum absolute atomic E-state index is 0.00411. The lowest BCUT2D eigenvalue weighted by atomic mass is 9.76. The average Bonchev–Trinajstić information content (AvgIpc) is 3.37. The van der Waals surface area contributed by atoms with Crippen LogP contribution >= 0.6 is 39.0 Å². The fourth-order valence-electron chi connectivity index (χ4n) is 4.94. The summed E-state index contributed by atoms with van der Waals surface area (Å²) in [5.41, 5.74) is 12.0. The topological polar surface area (TPSA) is 125 Å². The Bertz CT molecular complexity index is 1590. The summed E-state index contributed by atoms with van der Waals surface area (Å²) in [6.07, 6.45) is 1.73. The third-order valence-electron chi connectivity index (χ3n) is 6.70. The van der Waals surface area contributed by atoms with Crippen molar-refractivity contribution in [3.8, 4) is 6.07 Å². The maximum absolute atomic E-state index is 13.3. The zero-order chi connectivity index (χ0) is 27.7. The van der Waals surface area contributed by atoms with Gasteiger partial charge in [0.05, 0.1) is 23.3 Å². The van der Waals surface area contributed by atoms with Crippen LogP contribution in [0.4, 0.5) is 10.8 Å². The van der Waals surface area contributed by atoms with Crippen molar-refractivity contribution in [1.82, 2.24) is 10.2 Å². The lowest BCUT2D eigenvalue weighted by Crippen LogP contribution is -2.38. The van der Waals surface area contributed by atoms with E-state index in [4.69, 9.17) is 5.73 Å². The van der Waals surface area contributed by atoms with E-state index >= 15 is 0 Å². The molecule has 1 aliphatic heterocycles. The van der Waals surface area contributed by atoms with Gasteiger partial charge >= 0.3 is 0 Å². The Hall–Kier alpha value is -3.46. The van der Waals surface area contributed by atoms with E-state index < -0.39 is 5.92 Å². The summed E-state index contributed by atoms with van der Waals surface area (Å²) in [6.45, 7) is 3.97. The number of allylic oxidation sites excluding steroid dienone is 3. The molecule has 1 aromatic heterocycles. The number of hydrogen-bond acceptors (Lipinski definition) is 9. The van der Waals surface area contributed by atoms with Crippen LogP contribution in [0.3, 0.4) is 0 Å². The molecule has 1 aliphatic carbocycles. The van der Waals surface area contributed by atoms with E-state index in [0.717, 1.165) is 32.5 Å². The molecule has 1 unspecified atom stereocenters. The number of benzene rings is 2. The predicted octanol–water partition coefficient (Wildman–Crippen LogP) is 5.95. The van der Waals surface area contributed by atoms with Crippen LogP contribution in [0.5, 0.6) is 0 Å². The van der Waals surface area contributed by atoms with Crippen LogP contribution < -0.4 is 16.0 Å². The minimum atomic E-state index is -0.555. The average molecular weight is 622 g/mol. The molecule has 3 N–H and O–H groups in total. The Morgan fingerprint density at radius 1 is 1.26 bits per heavy atom. The SMILES string of the molecule is Cc1ccc(NC(=O)CSc2nnc(N3C(N)=C(C#N)C(c4ccccc4Br)C4=C3CCCC4=O)s2)c(C)c1. The first-order chi connectivity index (χ1) is 18.8. The smallest absolute Gasteiger partial charge is 0.234 e. The molecule has 0 bridgehead atoms. The van der Waals surface area contributed by atoms with E-state index in [9.17, 15) is 14.9 Å². The Kier molecular flexibility index (Phi) is 7.88. The van der Waals surface area contributed by atoms with Gasteiger partial charge in [-0.25, -0.2) is 0 Å². The quantitative estimate of drug-likeness (QED) is 0.324. The van der Waals surface area contributed by atoms with Crippen molar-refractivity contribution < 1.29 is 9.59 Å². The largest absolute Gasteiger partial charge is 0.384 e. The summed E-state index contributed by atoms with van der Waals surface area (Å²) in [6, 6.07) is 15.7. The third kappa shape index (κ3) is 5.37. The number of amides is 1. The van der Waals surface area contributed by atoms with Crippen molar-refractivity contribution in [1.29, 1.82) is 5.26 Å². The van der Waals surface area contributed by atoms with E-state index in [1.807, 2.05) is 56.3 Å². The molecule has 0 saturated carbocycles. The second kappa shape index (κ2) is 11.3. The van der Waals surface area contributed by atoms with Crippen molar-refractivity contribution in [3.05, 3.63) is 86.3 Å². The van der Waals surface area contributed by atoms with Gasteiger partial charge in [-0.3, -0.25) is 14.5 Å². The molecular formula is C28H25BrN6O2S2. The van der Waals surface area contributed by atoms with Crippen LogP contribution in [0.15, 0.2) is 73.9 Å². The lowest BCUT2D eigenvalue weighted by Gasteiger charge is -2.38. The first-order valence-electron chi connectivity index (χ1n) is 12.3. The Labute approximate surface area is 243 Å². The number of nitriles is 1. The molecule has 0 saturated heterocycles. The number of Topliss-reactive ketones (excluding diaryl/α,β-unsaturated/α-hetero) is 1. The number of nitrogens with one attached hydrogen (secondary N) is 1. The Balaban J connectivity index is 1.42. The highest BCUT2D eigenvalue weighted by atomic mass is 79.9. The van der Waals surface area contributed by atoms with Gasteiger partial charge in [0.2, 0.25) is 11.0 Å². The van der Waals surface area contributed by atoms with Crippen LogP contribution in [0, 0.1) is 25.2 Å². The number of aryl methyl sites for hydroxylation is 2. The summed E-state index contributed by atoms with van der Waals surface area (Å²) < 4.78 is 1.40. The number of nitrogens with zero attached hydrogens (tertiary/aromatic N) is 4. The van der Waals surface area contributed by atoms with Gasteiger partial charge in [-0.15, -0.1) is 10.2 Å². The second-order valence-electron chi connectivity index (χ2n) is 9.34. The zero-order valence-corrected chi connectivity index (χ0v) is 24.5. The van der Waals surface area contributed by atoms with E-state index in [1.165, 1.54) is 23.1 Å². The first-order valence-corrected chi connectivity index (χ1v) is 14.9. The van der Waals surface area contributed by atoms with Crippen LogP contribution in [-0.4, -0.2) is 27.6 Å². The van der Waals surface area contributed by atoms with E-state index in [0.29, 0.717) is 39.9 Å². The summed E-state index contributed by atoms with van der Waals surface area (Å²) >= 11 is 6.14. The number of ketones is 1. The maximum Gasteiger partial charge on any atom is 0.234 e. The highest BCUT2D eigenvalue weighted by Crippen LogP contribution is 2.48. The van der Waals surface area contributed by atoms with Gasteiger partial charge in [0.25, 0.3) is 0 Å². The monoisotopic (exact) mass is 620 g/mol. The van der Waals surface area contributed by atoms with E-state index in [2.05, 4.69) is 37.5 Å². The summed E-state index contributed by atoms with van der Waals surface area (Å²) in [5, 5.41) is 22.2. The van der Waals surface area contributed by atoms with Gasteiger partial charge < -0.3 is 11.1 Å². The predicted molar refractivity (Wildman–Crippen MR) is 157 cm³/mol. The van der Waals surface area contributed by atoms with Gasteiger partial charge in [0.15, 0.2) is 10.1 Å². The van der Waals surface area contributed by atoms with Crippen molar-refractivity contribution >= 4 is 61.5 Å². The number of anilines is 2. The Morgan fingerprint density at radius 2 is 2.05 bits per heavy atom. The minimum Gasteiger partial charge on any atom is -0.384 e. The first kappa shape index (κ1) is 27.1. The van der Waals surface area contributed by atoms with Crippen molar-refractivity contribution in [3.63, 3.8) is 0 Å². The van der Waals surface area contributed by atoms with Gasteiger partial charge in [-0.1, -0.05) is 74.9 Å². The molecule has 198 valence electrons. The van der Waals surface area contributed by atoms with Crippen molar-refractivity contribution in [2.45, 2.75) is 43.4 Å². The standard InChI is InChI=1S/C28H25BrN6O2S2/c1-15-10-11-20(16(2)12-15)32-23(37)14-38-28-34-33-27(39-28)35-21-8-5-9-22(36)25(21)24(18(13-30)26(35)31)17-6-3-4-7-19(17)29/h3-4,6-7,10-12,24H,5,8-9,14,31H2,1-2H3,(H,32,37). The molecule has 0 fully saturated rings.